The molecule has 0 aliphatic rings. The molecule has 2 aromatic carbocycles. The van der Waals surface area contributed by atoms with Gasteiger partial charge in [0.05, 0.1) is 7.11 Å². The van der Waals surface area contributed by atoms with Crippen LogP contribution >= 0.6 is 0 Å². The lowest BCUT2D eigenvalue weighted by molar-refractivity contribution is 0.213. The molecule has 3 nitrogen and oxygen atoms in total. The molecular formula is C16H19NO2. The van der Waals surface area contributed by atoms with Crippen LogP contribution in [0.2, 0.25) is 0 Å². The molecule has 2 aromatic rings. The summed E-state index contributed by atoms with van der Waals surface area (Å²) in [6.45, 7) is 2.44. The summed E-state index contributed by atoms with van der Waals surface area (Å²) in [5.74, 6) is 1.44. The minimum Gasteiger partial charge on any atom is -0.493 e. The molecule has 0 radical (unpaired) electrons. The van der Waals surface area contributed by atoms with Crippen LogP contribution in [0.15, 0.2) is 48.5 Å². The molecule has 0 saturated heterocycles. The van der Waals surface area contributed by atoms with Crippen LogP contribution in [0.25, 0.3) is 0 Å². The second kappa shape index (κ2) is 6.25. The number of benzene rings is 2. The van der Waals surface area contributed by atoms with E-state index in [1.807, 2.05) is 55.5 Å². The Morgan fingerprint density at radius 2 is 1.79 bits per heavy atom. The van der Waals surface area contributed by atoms with Crippen LogP contribution < -0.4 is 15.2 Å². The van der Waals surface area contributed by atoms with E-state index < -0.39 is 0 Å². The average molecular weight is 257 g/mol. The second-order valence-corrected chi connectivity index (χ2v) is 4.32. The molecule has 0 fully saturated rings. The molecule has 3 heteroatoms. The normalized spacial score (nSPS) is 11.9. The van der Waals surface area contributed by atoms with E-state index in [4.69, 9.17) is 15.2 Å². The highest BCUT2D eigenvalue weighted by molar-refractivity contribution is 5.47. The smallest absolute Gasteiger partial charge is 0.166 e. The molecule has 100 valence electrons. The predicted octanol–water partition coefficient (Wildman–Crippen LogP) is 3.29. The van der Waals surface area contributed by atoms with Crippen molar-refractivity contribution in [1.29, 1.82) is 0 Å². The fourth-order valence-corrected chi connectivity index (χ4v) is 1.99. The van der Waals surface area contributed by atoms with Crippen LogP contribution in [0, 0.1) is 0 Å². The van der Waals surface area contributed by atoms with Gasteiger partial charge in [-0.25, -0.2) is 0 Å². The first-order valence-corrected chi connectivity index (χ1v) is 6.33. The van der Waals surface area contributed by atoms with Crippen molar-refractivity contribution in [3.05, 3.63) is 59.7 Å². The van der Waals surface area contributed by atoms with Gasteiger partial charge in [-0.15, -0.1) is 0 Å². The van der Waals surface area contributed by atoms with Crippen molar-refractivity contribution in [2.24, 2.45) is 5.73 Å². The summed E-state index contributed by atoms with van der Waals surface area (Å²) in [4.78, 5) is 0. The number of rotatable bonds is 5. The summed E-state index contributed by atoms with van der Waals surface area (Å²) in [5, 5.41) is 0. The molecule has 1 unspecified atom stereocenters. The van der Waals surface area contributed by atoms with Gasteiger partial charge in [0.1, 0.15) is 6.10 Å². The Morgan fingerprint density at radius 1 is 1.05 bits per heavy atom. The van der Waals surface area contributed by atoms with Crippen molar-refractivity contribution >= 4 is 0 Å². The molecule has 0 bridgehead atoms. The third kappa shape index (κ3) is 3.06. The van der Waals surface area contributed by atoms with Crippen LogP contribution in [0.5, 0.6) is 11.5 Å². The molecule has 1 atom stereocenters. The van der Waals surface area contributed by atoms with Crippen molar-refractivity contribution in [2.75, 3.05) is 7.11 Å². The molecule has 0 aliphatic heterocycles. The van der Waals surface area contributed by atoms with Gasteiger partial charge in [0.2, 0.25) is 0 Å². The highest BCUT2D eigenvalue weighted by Gasteiger charge is 2.14. The van der Waals surface area contributed by atoms with Gasteiger partial charge in [-0.05, 0) is 18.6 Å². The van der Waals surface area contributed by atoms with Crippen LogP contribution in [0.3, 0.4) is 0 Å². The quantitative estimate of drug-likeness (QED) is 0.893. The number of nitrogens with two attached hydrogens (primary N) is 1. The third-order valence-corrected chi connectivity index (χ3v) is 3.06. The summed E-state index contributed by atoms with van der Waals surface area (Å²) < 4.78 is 11.4. The van der Waals surface area contributed by atoms with E-state index in [-0.39, 0.29) is 6.10 Å². The van der Waals surface area contributed by atoms with Crippen molar-refractivity contribution in [3.63, 3.8) is 0 Å². The fourth-order valence-electron chi connectivity index (χ4n) is 1.99. The number of ether oxygens (including phenoxy) is 2. The number of para-hydroxylation sites is 1. The van der Waals surface area contributed by atoms with Crippen molar-refractivity contribution < 1.29 is 9.47 Å². The fraction of sp³-hybridized carbons (Fsp3) is 0.250. The summed E-state index contributed by atoms with van der Waals surface area (Å²) in [7, 11) is 1.63. The van der Waals surface area contributed by atoms with Gasteiger partial charge in [-0.2, -0.15) is 0 Å². The summed E-state index contributed by atoms with van der Waals surface area (Å²) >= 11 is 0. The Hall–Kier alpha value is -2.00. The van der Waals surface area contributed by atoms with Crippen molar-refractivity contribution in [3.8, 4) is 11.5 Å². The number of methoxy groups -OCH3 is 1. The van der Waals surface area contributed by atoms with Crippen molar-refractivity contribution in [2.45, 2.75) is 19.6 Å². The third-order valence-electron chi connectivity index (χ3n) is 3.06. The SMILES string of the molecule is COc1cccc(CN)c1OC(C)c1ccccc1. The van der Waals surface area contributed by atoms with E-state index in [1.54, 1.807) is 7.11 Å². The lowest BCUT2D eigenvalue weighted by Crippen LogP contribution is -2.08. The molecular weight excluding hydrogens is 238 g/mol. The standard InChI is InChI=1S/C16H19NO2/c1-12(13-7-4-3-5-8-13)19-16-14(11-17)9-6-10-15(16)18-2/h3-10,12H,11,17H2,1-2H3. The minimum atomic E-state index is -0.0530. The Kier molecular flexibility index (Phi) is 4.42. The summed E-state index contributed by atoms with van der Waals surface area (Å²) in [6, 6.07) is 15.8. The largest absolute Gasteiger partial charge is 0.493 e. The van der Waals surface area contributed by atoms with Crippen LogP contribution in [0.4, 0.5) is 0 Å². The van der Waals surface area contributed by atoms with E-state index >= 15 is 0 Å². The van der Waals surface area contributed by atoms with E-state index in [2.05, 4.69) is 0 Å². The molecule has 19 heavy (non-hydrogen) atoms. The topological polar surface area (TPSA) is 44.5 Å². The highest BCUT2D eigenvalue weighted by Crippen LogP contribution is 2.34. The summed E-state index contributed by atoms with van der Waals surface area (Å²) in [6.07, 6.45) is -0.0530. The van der Waals surface area contributed by atoms with Gasteiger partial charge in [-0.1, -0.05) is 42.5 Å². The first kappa shape index (κ1) is 13.4. The maximum absolute atomic E-state index is 6.04. The zero-order valence-electron chi connectivity index (χ0n) is 11.3. The van der Waals surface area contributed by atoms with Crippen LogP contribution in [0.1, 0.15) is 24.2 Å². The second-order valence-electron chi connectivity index (χ2n) is 4.32. The van der Waals surface area contributed by atoms with E-state index in [0.717, 1.165) is 16.9 Å². The van der Waals surface area contributed by atoms with Gasteiger partial charge in [0.15, 0.2) is 11.5 Å². The lowest BCUT2D eigenvalue weighted by atomic mass is 10.1. The van der Waals surface area contributed by atoms with Crippen LogP contribution in [-0.4, -0.2) is 7.11 Å². The van der Waals surface area contributed by atoms with Gasteiger partial charge in [0.25, 0.3) is 0 Å². The highest BCUT2D eigenvalue weighted by atomic mass is 16.5. The molecule has 2 N–H and O–H groups in total. The zero-order valence-corrected chi connectivity index (χ0v) is 11.3. The molecule has 0 saturated carbocycles. The monoisotopic (exact) mass is 257 g/mol. The Labute approximate surface area is 114 Å². The van der Waals surface area contributed by atoms with Crippen molar-refractivity contribution in [1.82, 2.24) is 0 Å². The van der Waals surface area contributed by atoms with E-state index in [0.29, 0.717) is 12.3 Å². The van der Waals surface area contributed by atoms with Crippen LogP contribution in [-0.2, 0) is 6.54 Å². The molecule has 0 spiro atoms. The Morgan fingerprint density at radius 3 is 2.42 bits per heavy atom. The summed E-state index contributed by atoms with van der Waals surface area (Å²) in [5.41, 5.74) is 7.82. The lowest BCUT2D eigenvalue weighted by Gasteiger charge is -2.19. The number of hydrogen-bond acceptors (Lipinski definition) is 3. The van der Waals surface area contributed by atoms with E-state index in [1.165, 1.54) is 0 Å². The van der Waals surface area contributed by atoms with Gasteiger partial charge >= 0.3 is 0 Å². The van der Waals surface area contributed by atoms with Gasteiger partial charge < -0.3 is 15.2 Å². The number of hydrogen-bond donors (Lipinski definition) is 1. The molecule has 0 amide bonds. The average Bonchev–Trinajstić information content (AvgIpc) is 2.48. The molecule has 2 rings (SSSR count). The maximum atomic E-state index is 6.04. The molecule has 0 aliphatic carbocycles. The van der Waals surface area contributed by atoms with E-state index in [9.17, 15) is 0 Å². The molecule has 0 heterocycles. The molecule has 0 aromatic heterocycles. The Bertz CT molecular complexity index is 503. The minimum absolute atomic E-state index is 0.0530. The van der Waals surface area contributed by atoms with Gasteiger partial charge in [0, 0.05) is 12.1 Å². The predicted molar refractivity (Wildman–Crippen MR) is 76.4 cm³/mol. The maximum Gasteiger partial charge on any atom is 0.166 e. The Balaban J connectivity index is 2.27. The first-order chi connectivity index (χ1) is 9.26. The zero-order chi connectivity index (χ0) is 13.7. The van der Waals surface area contributed by atoms with Gasteiger partial charge in [-0.3, -0.25) is 0 Å². The first-order valence-electron chi connectivity index (χ1n) is 6.33.